The number of nitrogens with two attached hydrogens (primary N) is 2. The molecule has 2 rings (SSSR count). The Balaban J connectivity index is 0. The van der Waals surface area contributed by atoms with Crippen LogP contribution in [-0.4, -0.2) is 141 Å². The first-order valence-corrected chi connectivity index (χ1v) is 20.4. The van der Waals surface area contributed by atoms with Gasteiger partial charge >= 0.3 is 30.1 Å². The van der Waals surface area contributed by atoms with Crippen molar-refractivity contribution in [3.05, 3.63) is 0 Å². The highest BCUT2D eigenvalue weighted by atomic mass is 19.1. The van der Waals surface area contributed by atoms with Gasteiger partial charge in [0, 0.05) is 32.1 Å². The molecule has 0 aromatic heterocycles. The zero-order valence-corrected chi connectivity index (χ0v) is 38.7. The third kappa shape index (κ3) is 24.9. The summed E-state index contributed by atoms with van der Waals surface area (Å²) in [6.07, 6.45) is 3.21. The van der Waals surface area contributed by atoms with Gasteiger partial charge in [0.25, 0.3) is 0 Å². The molecule has 2 atom stereocenters. The van der Waals surface area contributed by atoms with Crippen molar-refractivity contribution in [1.29, 1.82) is 0 Å². The van der Waals surface area contributed by atoms with E-state index in [1.807, 2.05) is 6.92 Å². The number of likely N-dealkylation sites (tertiary alicyclic amines) is 1. The molecule has 0 aromatic carbocycles. The number of hydrogen-bond donors (Lipinski definition) is 6. The molecule has 354 valence electrons. The normalized spacial score (nSPS) is 17.3. The van der Waals surface area contributed by atoms with Crippen molar-refractivity contribution in [1.82, 2.24) is 20.9 Å². The Morgan fingerprint density at radius 3 is 1.46 bits per heavy atom. The number of carbonyl (C=O) groups excluding carboxylic acids is 5. The molecule has 0 radical (unpaired) electrons. The van der Waals surface area contributed by atoms with Gasteiger partial charge in [-0.3, -0.25) is 24.0 Å². The molecule has 0 bridgehead atoms. The fraction of sp³-hybridized carbons (Fsp3) is 0.805. The number of nitrogens with zero attached hydrogens (tertiary/aromatic N) is 3. The van der Waals surface area contributed by atoms with Crippen LogP contribution in [-0.2, 0) is 38.1 Å². The molecule has 20 heteroatoms. The summed E-state index contributed by atoms with van der Waals surface area (Å²) in [7, 11) is 1.61. The number of hydrogen-bond acceptors (Lipinski definition) is 13. The lowest BCUT2D eigenvalue weighted by Gasteiger charge is -2.40. The fourth-order valence-electron chi connectivity index (χ4n) is 5.98. The molecule has 0 saturated carbocycles. The minimum atomic E-state index is -1.19. The summed E-state index contributed by atoms with van der Waals surface area (Å²) in [4.78, 5) is 81.2. The van der Waals surface area contributed by atoms with Gasteiger partial charge in [0.15, 0.2) is 0 Å². The number of rotatable bonds is 14. The zero-order chi connectivity index (χ0) is 48.3. The van der Waals surface area contributed by atoms with E-state index in [9.17, 15) is 33.2 Å². The highest BCUT2D eigenvalue weighted by Crippen LogP contribution is 2.27. The first kappa shape index (κ1) is 56.2. The lowest BCUT2D eigenvalue weighted by molar-refractivity contribution is -0.153. The van der Waals surface area contributed by atoms with E-state index in [2.05, 4.69) is 25.9 Å². The predicted molar refractivity (Wildman–Crippen MR) is 232 cm³/mol. The number of carboxylic acids is 1. The SMILES string of the molecule is CC(N)=NCCC[C@@H](C)C(=O)O.COC(=O)C1(NC(=O)OC(C)(C)C)CCN(C(=O)[C@H](C)CCCN=C(C)N)CC1.COC(=O)C1(NC(=O)OC(C)(C)C)CCNCC1.[2H]CF. The molecule has 3 amide bonds. The average molecular weight is 878 g/mol. The molecule has 2 saturated heterocycles. The predicted octanol–water partition coefficient (Wildman–Crippen LogP) is 4.10. The van der Waals surface area contributed by atoms with Gasteiger partial charge in [-0.05, 0) is 120 Å². The van der Waals surface area contributed by atoms with E-state index < -0.39 is 59.5 Å². The summed E-state index contributed by atoms with van der Waals surface area (Å²) in [6.45, 7) is 20.9. The molecule has 19 nitrogen and oxygen atoms in total. The summed E-state index contributed by atoms with van der Waals surface area (Å²) in [6, 6.07) is 0. The number of amidine groups is 2. The van der Waals surface area contributed by atoms with E-state index in [4.69, 9.17) is 36.9 Å². The van der Waals surface area contributed by atoms with Crippen molar-refractivity contribution in [2.45, 2.75) is 143 Å². The van der Waals surface area contributed by atoms with Crippen molar-refractivity contribution in [2.75, 3.05) is 60.6 Å². The second kappa shape index (κ2) is 28.7. The van der Waals surface area contributed by atoms with E-state index in [0.717, 1.165) is 12.8 Å². The standard InChI is InChI=1S/C20H36N4O5.C12H22N2O4.C8H16N2O2.CH3F/c1-14(8-7-11-22-15(2)21)16(25)24-12-9-20(10-13-24,17(26)28-6)23-18(27)29-19(3,4)5;1-11(2,3)18-10(16)14-12(9(15)17-4)5-7-13-8-6-12;1-6(8(11)12)4-3-5-10-7(2)9;1-2/h14H,7-13H2,1-6H3,(H2,21,22)(H,23,27);13H,5-8H2,1-4H3,(H,14,16);6H,3-5H2,1-2H3,(H2,9,10)(H,11,12);1H3/t14-;;6-;/m1.1./s1/i;;;1D. The van der Waals surface area contributed by atoms with Gasteiger partial charge in [-0.25, -0.2) is 19.2 Å². The maximum absolute atomic E-state index is 12.7. The number of piperidine rings is 2. The Hall–Kier alpha value is -4.75. The minimum Gasteiger partial charge on any atom is -0.481 e. The topological polar surface area (TPSA) is 276 Å². The van der Waals surface area contributed by atoms with Crippen molar-refractivity contribution in [3.63, 3.8) is 0 Å². The molecule has 0 spiro atoms. The average Bonchev–Trinajstić information content (AvgIpc) is 3.16. The molecule has 61 heavy (non-hydrogen) atoms. The van der Waals surface area contributed by atoms with E-state index in [-0.39, 0.29) is 30.6 Å². The molecular weight excluding hydrogens is 799 g/mol. The Labute approximate surface area is 363 Å². The number of alkyl carbamates (subject to hydrolysis) is 2. The Morgan fingerprint density at radius 1 is 0.770 bits per heavy atom. The van der Waals surface area contributed by atoms with Crippen LogP contribution >= 0.6 is 0 Å². The number of aliphatic imine (C=N–C) groups is 2. The van der Waals surface area contributed by atoms with E-state index in [1.165, 1.54) is 14.2 Å². The van der Waals surface area contributed by atoms with Gasteiger partial charge in [0.05, 0.1) is 40.3 Å². The molecule has 0 unspecified atom stereocenters. The smallest absolute Gasteiger partial charge is 0.408 e. The summed E-state index contributed by atoms with van der Waals surface area (Å²) >= 11 is 0. The molecule has 2 fully saturated rings. The maximum atomic E-state index is 12.7. The quantitative estimate of drug-likeness (QED) is 0.0472. The lowest BCUT2D eigenvalue weighted by atomic mass is 9.87. The van der Waals surface area contributed by atoms with Crippen LogP contribution in [0.25, 0.3) is 0 Å². The summed E-state index contributed by atoms with van der Waals surface area (Å²) in [5.74, 6) is -0.994. The number of aliphatic carboxylic acids is 1. The summed E-state index contributed by atoms with van der Waals surface area (Å²) < 4.78 is 35.7. The van der Waals surface area contributed by atoms with Crippen molar-refractivity contribution in [3.8, 4) is 0 Å². The van der Waals surface area contributed by atoms with Gasteiger partial charge in [0.1, 0.15) is 22.3 Å². The number of methoxy groups -OCH3 is 2. The summed E-state index contributed by atoms with van der Waals surface area (Å²) in [5.41, 5.74) is 7.39. The van der Waals surface area contributed by atoms with Crippen LogP contribution in [0.5, 0.6) is 0 Å². The second-order valence-electron chi connectivity index (χ2n) is 16.9. The number of carboxylic acid groups (broad SMARTS) is 1. The number of esters is 2. The van der Waals surface area contributed by atoms with Crippen molar-refractivity contribution >= 4 is 47.7 Å². The Bertz CT molecular complexity index is 1450. The van der Waals surface area contributed by atoms with Crippen LogP contribution in [0.1, 0.15) is 122 Å². The van der Waals surface area contributed by atoms with Gasteiger partial charge in [-0.15, -0.1) is 0 Å². The summed E-state index contributed by atoms with van der Waals surface area (Å²) in [5, 5.41) is 17.0. The van der Waals surface area contributed by atoms with Crippen LogP contribution in [0.15, 0.2) is 9.98 Å². The molecule has 0 aliphatic carbocycles. The number of halogens is 1. The van der Waals surface area contributed by atoms with Gasteiger partial charge < -0.3 is 56.4 Å². The third-order valence-electron chi connectivity index (χ3n) is 9.17. The van der Waals surface area contributed by atoms with Crippen LogP contribution in [0.4, 0.5) is 14.0 Å². The molecule has 2 aliphatic rings. The van der Waals surface area contributed by atoms with E-state index in [0.29, 0.717) is 76.6 Å². The van der Waals surface area contributed by atoms with Crippen LogP contribution < -0.4 is 27.4 Å². The highest BCUT2D eigenvalue weighted by molar-refractivity contribution is 5.87. The van der Waals surface area contributed by atoms with Crippen LogP contribution in [0.2, 0.25) is 0 Å². The maximum Gasteiger partial charge on any atom is 0.408 e. The van der Waals surface area contributed by atoms with Gasteiger partial charge in [-0.2, -0.15) is 0 Å². The second-order valence-corrected chi connectivity index (χ2v) is 16.9. The molecule has 0 aromatic rings. The molecule has 2 aliphatic heterocycles. The number of carbonyl (C=O) groups is 6. The lowest BCUT2D eigenvalue weighted by Crippen LogP contribution is -2.61. The first-order chi connectivity index (χ1) is 28.6. The minimum absolute atomic E-state index is 0.0363. The van der Waals surface area contributed by atoms with E-state index >= 15 is 0 Å². The van der Waals surface area contributed by atoms with Crippen molar-refractivity contribution in [2.24, 2.45) is 33.3 Å². The first-order valence-electron chi connectivity index (χ1n) is 21.1. The number of ether oxygens (including phenoxy) is 4. The number of amides is 3. The number of alkyl halides is 1. The van der Waals surface area contributed by atoms with Gasteiger partial charge in [0.2, 0.25) is 5.91 Å². The zero-order valence-electron chi connectivity index (χ0n) is 39.7. The monoisotopic (exact) mass is 878 g/mol. The van der Waals surface area contributed by atoms with Crippen LogP contribution in [0, 0.1) is 11.8 Å². The largest absolute Gasteiger partial charge is 0.481 e. The van der Waals surface area contributed by atoms with E-state index in [1.54, 1.807) is 67.2 Å². The highest BCUT2D eigenvalue weighted by Gasteiger charge is 2.46. The third-order valence-corrected chi connectivity index (χ3v) is 9.17. The molecule has 8 N–H and O–H groups in total. The molecule has 2 heterocycles. The van der Waals surface area contributed by atoms with Crippen molar-refractivity contribution < 1.29 is 58.6 Å². The molecular formula is C41H77FN8O11. The Kier molecular flexibility index (Phi) is 26.5. The van der Waals surface area contributed by atoms with Gasteiger partial charge in [-0.1, -0.05) is 13.8 Å². The Morgan fingerprint density at radius 2 is 1.13 bits per heavy atom. The number of nitrogens with one attached hydrogen (secondary N) is 3. The fourth-order valence-corrected chi connectivity index (χ4v) is 5.98. The van der Waals surface area contributed by atoms with Crippen LogP contribution in [0.3, 0.4) is 0 Å².